The fraction of sp³-hybridized carbons (Fsp3) is 0.438. The predicted molar refractivity (Wildman–Crippen MR) is 90.6 cm³/mol. The first-order valence-corrected chi connectivity index (χ1v) is 8.36. The van der Waals surface area contributed by atoms with Gasteiger partial charge in [-0.25, -0.2) is 4.68 Å². The summed E-state index contributed by atoms with van der Waals surface area (Å²) in [5.74, 6) is 1.11. The molecule has 4 nitrogen and oxygen atoms in total. The predicted octanol–water partition coefficient (Wildman–Crippen LogP) is 3.98. The van der Waals surface area contributed by atoms with Crippen molar-refractivity contribution in [2.75, 3.05) is 17.6 Å². The Balaban J connectivity index is 1.95. The minimum atomic E-state index is 0.286. The summed E-state index contributed by atoms with van der Waals surface area (Å²) in [5, 5.41) is 8.31. The number of rotatable bonds is 4. The molecule has 1 aromatic heterocycles. The maximum absolute atomic E-state index is 5.79. The van der Waals surface area contributed by atoms with Crippen LogP contribution < -0.4 is 11.1 Å². The Bertz CT molecular complexity index is 618. The van der Waals surface area contributed by atoms with Crippen LogP contribution in [-0.2, 0) is 6.42 Å². The Morgan fingerprint density at radius 3 is 2.86 bits per heavy atom. The number of nitrogen functional groups attached to an aromatic ring is 1. The molecule has 0 radical (unpaired) electrons. The normalized spacial score (nSPS) is 17.3. The van der Waals surface area contributed by atoms with Crippen molar-refractivity contribution in [3.05, 3.63) is 40.0 Å². The number of benzene rings is 1. The molecule has 0 aliphatic carbocycles. The van der Waals surface area contributed by atoms with Crippen LogP contribution in [0.15, 0.2) is 28.7 Å². The number of hydrogen-bond donors (Lipinski definition) is 2. The zero-order valence-electron chi connectivity index (χ0n) is 12.3. The second kappa shape index (κ2) is 6.10. The number of anilines is 2. The average Bonchev–Trinajstić information content (AvgIpc) is 2.83. The van der Waals surface area contributed by atoms with Crippen LogP contribution in [0.25, 0.3) is 0 Å². The molecule has 0 saturated heterocycles. The molecule has 112 valence electrons. The molecular weight excluding hydrogens is 328 g/mol. The van der Waals surface area contributed by atoms with Crippen LogP contribution in [0.2, 0.25) is 0 Å². The van der Waals surface area contributed by atoms with Crippen LogP contribution in [-0.4, -0.2) is 16.3 Å². The van der Waals surface area contributed by atoms with Crippen molar-refractivity contribution < 1.29 is 0 Å². The van der Waals surface area contributed by atoms with Gasteiger partial charge in [-0.3, -0.25) is 0 Å². The lowest BCUT2D eigenvalue weighted by molar-refractivity contribution is 0.477. The van der Waals surface area contributed by atoms with Crippen molar-refractivity contribution in [3.8, 4) is 0 Å². The van der Waals surface area contributed by atoms with E-state index in [1.165, 1.54) is 18.4 Å². The number of fused-ring (bicyclic) bond motifs is 1. The molecule has 3 N–H and O–H groups in total. The summed E-state index contributed by atoms with van der Waals surface area (Å²) in [6, 6.07) is 8.43. The Morgan fingerprint density at radius 1 is 1.38 bits per heavy atom. The minimum Gasteiger partial charge on any atom is -0.399 e. The SMILES string of the molecule is CCCCc1nn2c(c1Br)NCCC2c1ccc(N)cc1. The number of nitrogens with one attached hydrogen (secondary N) is 1. The third kappa shape index (κ3) is 2.79. The van der Waals surface area contributed by atoms with Crippen LogP contribution in [0.1, 0.15) is 43.5 Å². The van der Waals surface area contributed by atoms with Crippen molar-refractivity contribution in [3.63, 3.8) is 0 Å². The molecular formula is C16H21BrN4. The van der Waals surface area contributed by atoms with Gasteiger partial charge in [0.15, 0.2) is 0 Å². The molecule has 0 bridgehead atoms. The first kappa shape index (κ1) is 14.4. The molecule has 2 heterocycles. The summed E-state index contributed by atoms with van der Waals surface area (Å²) in [5.41, 5.74) is 9.02. The van der Waals surface area contributed by atoms with Crippen molar-refractivity contribution in [2.45, 2.75) is 38.6 Å². The van der Waals surface area contributed by atoms with E-state index in [0.29, 0.717) is 0 Å². The Morgan fingerprint density at radius 2 is 2.14 bits per heavy atom. The van der Waals surface area contributed by atoms with E-state index in [0.717, 1.165) is 41.1 Å². The van der Waals surface area contributed by atoms with Gasteiger partial charge in [0.2, 0.25) is 0 Å². The second-order valence-electron chi connectivity index (χ2n) is 5.56. The zero-order chi connectivity index (χ0) is 14.8. The molecule has 5 heteroatoms. The number of nitrogens with zero attached hydrogens (tertiary/aromatic N) is 2. The van der Waals surface area contributed by atoms with E-state index in [1.807, 2.05) is 12.1 Å². The van der Waals surface area contributed by atoms with Gasteiger partial charge in [0.05, 0.1) is 16.2 Å². The summed E-state index contributed by atoms with van der Waals surface area (Å²) in [6.45, 7) is 3.17. The molecule has 1 atom stereocenters. The van der Waals surface area contributed by atoms with Crippen molar-refractivity contribution in [1.29, 1.82) is 0 Å². The maximum atomic E-state index is 5.79. The van der Waals surface area contributed by atoms with Crippen LogP contribution in [0.5, 0.6) is 0 Å². The van der Waals surface area contributed by atoms with E-state index in [1.54, 1.807) is 0 Å². The standard InChI is InChI=1S/C16H21BrN4/c1-2-3-4-13-15(17)16-19-10-9-14(21(16)20-13)11-5-7-12(18)8-6-11/h5-8,14,19H,2-4,9-10,18H2,1H3. The number of hydrogen-bond acceptors (Lipinski definition) is 3. The van der Waals surface area contributed by atoms with Gasteiger partial charge in [-0.1, -0.05) is 25.5 Å². The smallest absolute Gasteiger partial charge is 0.139 e. The number of aromatic nitrogens is 2. The van der Waals surface area contributed by atoms with E-state index in [-0.39, 0.29) is 6.04 Å². The summed E-state index contributed by atoms with van der Waals surface area (Å²) in [4.78, 5) is 0. The molecule has 2 aromatic rings. The molecule has 3 rings (SSSR count). The topological polar surface area (TPSA) is 55.9 Å². The fourth-order valence-corrected chi connectivity index (χ4v) is 3.42. The largest absolute Gasteiger partial charge is 0.399 e. The average molecular weight is 349 g/mol. The quantitative estimate of drug-likeness (QED) is 0.821. The maximum Gasteiger partial charge on any atom is 0.139 e. The lowest BCUT2D eigenvalue weighted by Crippen LogP contribution is -2.24. The third-order valence-corrected chi connectivity index (χ3v) is 4.85. The van der Waals surface area contributed by atoms with Gasteiger partial charge >= 0.3 is 0 Å². The highest BCUT2D eigenvalue weighted by Gasteiger charge is 2.26. The molecule has 21 heavy (non-hydrogen) atoms. The van der Waals surface area contributed by atoms with Gasteiger partial charge in [0, 0.05) is 12.2 Å². The molecule has 0 amide bonds. The van der Waals surface area contributed by atoms with Gasteiger partial charge in [-0.05, 0) is 52.9 Å². The van der Waals surface area contributed by atoms with E-state index < -0.39 is 0 Å². The van der Waals surface area contributed by atoms with Gasteiger partial charge in [0.25, 0.3) is 0 Å². The lowest BCUT2D eigenvalue weighted by atomic mass is 10.0. The van der Waals surface area contributed by atoms with E-state index in [4.69, 9.17) is 10.8 Å². The van der Waals surface area contributed by atoms with Gasteiger partial charge in [-0.15, -0.1) is 0 Å². The second-order valence-corrected chi connectivity index (χ2v) is 6.35. The summed E-state index contributed by atoms with van der Waals surface area (Å²) < 4.78 is 3.25. The first-order valence-electron chi connectivity index (χ1n) is 7.57. The van der Waals surface area contributed by atoms with Crippen LogP contribution >= 0.6 is 15.9 Å². The van der Waals surface area contributed by atoms with E-state index in [9.17, 15) is 0 Å². The van der Waals surface area contributed by atoms with Crippen LogP contribution in [0.4, 0.5) is 11.5 Å². The Kier molecular flexibility index (Phi) is 4.19. The number of nitrogens with two attached hydrogens (primary N) is 1. The zero-order valence-corrected chi connectivity index (χ0v) is 13.9. The monoisotopic (exact) mass is 348 g/mol. The molecule has 1 aliphatic heterocycles. The number of halogens is 1. The number of unbranched alkanes of at least 4 members (excludes halogenated alkanes) is 1. The molecule has 0 fully saturated rings. The Hall–Kier alpha value is -1.49. The number of aryl methyl sites for hydroxylation is 1. The van der Waals surface area contributed by atoms with Crippen LogP contribution in [0.3, 0.4) is 0 Å². The lowest BCUT2D eigenvalue weighted by Gasteiger charge is -2.26. The molecule has 1 aromatic carbocycles. The highest BCUT2D eigenvalue weighted by atomic mass is 79.9. The first-order chi connectivity index (χ1) is 10.2. The van der Waals surface area contributed by atoms with Crippen LogP contribution in [0, 0.1) is 0 Å². The van der Waals surface area contributed by atoms with Gasteiger partial charge in [-0.2, -0.15) is 5.10 Å². The van der Waals surface area contributed by atoms with E-state index >= 15 is 0 Å². The van der Waals surface area contributed by atoms with Gasteiger partial charge < -0.3 is 11.1 Å². The third-order valence-electron chi connectivity index (χ3n) is 4.01. The van der Waals surface area contributed by atoms with Crippen molar-refractivity contribution in [1.82, 2.24) is 9.78 Å². The summed E-state index contributed by atoms with van der Waals surface area (Å²) in [6.07, 6.45) is 4.41. The molecule has 1 aliphatic rings. The molecule has 0 saturated carbocycles. The molecule has 1 unspecified atom stereocenters. The molecule has 0 spiro atoms. The van der Waals surface area contributed by atoms with Gasteiger partial charge in [0.1, 0.15) is 5.82 Å². The highest BCUT2D eigenvalue weighted by molar-refractivity contribution is 9.10. The highest BCUT2D eigenvalue weighted by Crippen LogP contribution is 2.36. The fourth-order valence-electron chi connectivity index (χ4n) is 2.82. The van der Waals surface area contributed by atoms with Crippen molar-refractivity contribution in [2.24, 2.45) is 0 Å². The summed E-state index contributed by atoms with van der Waals surface area (Å²) >= 11 is 3.71. The Labute approximate surface area is 133 Å². The van der Waals surface area contributed by atoms with Crippen molar-refractivity contribution >= 4 is 27.4 Å². The summed E-state index contributed by atoms with van der Waals surface area (Å²) in [7, 11) is 0. The van der Waals surface area contributed by atoms with E-state index in [2.05, 4.69) is 45.0 Å². The minimum absolute atomic E-state index is 0.286.